The van der Waals surface area contributed by atoms with E-state index < -0.39 is 0 Å². The molecule has 4 rings (SSSR count). The van der Waals surface area contributed by atoms with Crippen LogP contribution >= 0.6 is 11.6 Å². The first kappa shape index (κ1) is 16.8. The predicted molar refractivity (Wildman–Crippen MR) is 102 cm³/mol. The molecule has 1 N–H and O–H groups in total. The fourth-order valence-corrected chi connectivity index (χ4v) is 3.60. The summed E-state index contributed by atoms with van der Waals surface area (Å²) in [7, 11) is 0. The van der Waals surface area contributed by atoms with Crippen LogP contribution in [0.25, 0.3) is 5.82 Å². The molecular weight excluding hydrogens is 348 g/mol. The number of pyridine rings is 1. The number of hydrogen-bond acceptors (Lipinski definition) is 3. The highest BCUT2D eigenvalue weighted by atomic mass is 35.5. The Hall–Kier alpha value is -2.66. The number of aromatic nitrogens is 3. The van der Waals surface area contributed by atoms with Crippen LogP contribution in [0, 0.1) is 13.8 Å². The van der Waals surface area contributed by atoms with Gasteiger partial charge in [0.15, 0.2) is 5.82 Å². The van der Waals surface area contributed by atoms with E-state index in [4.69, 9.17) is 11.6 Å². The fourth-order valence-electron chi connectivity index (χ4n) is 3.41. The van der Waals surface area contributed by atoms with E-state index in [1.165, 1.54) is 17.5 Å². The van der Waals surface area contributed by atoms with Gasteiger partial charge >= 0.3 is 0 Å². The normalized spacial score (nSPS) is 12.9. The maximum atomic E-state index is 12.7. The van der Waals surface area contributed by atoms with E-state index in [9.17, 15) is 4.79 Å². The molecule has 6 heteroatoms. The van der Waals surface area contributed by atoms with Crippen molar-refractivity contribution in [2.75, 3.05) is 5.32 Å². The summed E-state index contributed by atoms with van der Waals surface area (Å²) >= 11 is 6.23. The van der Waals surface area contributed by atoms with Crippen LogP contribution in [0.4, 0.5) is 5.69 Å². The Kier molecular flexibility index (Phi) is 4.24. The van der Waals surface area contributed by atoms with E-state index in [0.717, 1.165) is 29.9 Å². The van der Waals surface area contributed by atoms with Gasteiger partial charge in [-0.2, -0.15) is 5.10 Å². The van der Waals surface area contributed by atoms with Crippen molar-refractivity contribution in [3.63, 3.8) is 0 Å². The molecule has 0 radical (unpaired) electrons. The summed E-state index contributed by atoms with van der Waals surface area (Å²) in [5.74, 6) is 0.246. The maximum Gasteiger partial charge on any atom is 0.275 e. The number of fused-ring (bicyclic) bond motifs is 1. The zero-order chi connectivity index (χ0) is 18.3. The van der Waals surface area contributed by atoms with Crippen LogP contribution in [0.1, 0.15) is 39.4 Å². The van der Waals surface area contributed by atoms with Gasteiger partial charge in [0.1, 0.15) is 5.69 Å². The number of anilines is 1. The van der Waals surface area contributed by atoms with Gasteiger partial charge in [0, 0.05) is 11.4 Å². The highest BCUT2D eigenvalue weighted by molar-refractivity contribution is 6.34. The Morgan fingerprint density at radius 2 is 1.92 bits per heavy atom. The van der Waals surface area contributed by atoms with Crippen molar-refractivity contribution in [1.29, 1.82) is 0 Å². The average Bonchev–Trinajstić information content (AvgIpc) is 3.20. The van der Waals surface area contributed by atoms with Crippen LogP contribution < -0.4 is 5.32 Å². The molecule has 26 heavy (non-hydrogen) atoms. The fraction of sp³-hybridized carbons (Fsp3) is 0.250. The van der Waals surface area contributed by atoms with Crippen LogP contribution in [0.3, 0.4) is 0 Å². The standard InChI is InChI=1S/C20H19ClN4O/c1-12-10-13(2)25(24-12)18-9-8-17(21)19(23-18)20(26)22-16-7-6-14-4-3-5-15(14)11-16/h6-11H,3-5H2,1-2H3,(H,22,26). The number of aryl methyl sites for hydroxylation is 4. The predicted octanol–water partition coefficient (Wildman–Crippen LogP) is 4.28. The van der Waals surface area contributed by atoms with Gasteiger partial charge in [-0.1, -0.05) is 17.7 Å². The summed E-state index contributed by atoms with van der Waals surface area (Å²) in [6.45, 7) is 3.86. The van der Waals surface area contributed by atoms with Crippen molar-refractivity contribution in [2.45, 2.75) is 33.1 Å². The maximum absolute atomic E-state index is 12.7. The number of halogens is 1. The number of carbonyl (C=O) groups excluding carboxylic acids is 1. The van der Waals surface area contributed by atoms with Crippen LogP contribution in [0.2, 0.25) is 5.02 Å². The van der Waals surface area contributed by atoms with Crippen molar-refractivity contribution in [3.8, 4) is 5.82 Å². The summed E-state index contributed by atoms with van der Waals surface area (Å²) < 4.78 is 1.71. The Morgan fingerprint density at radius 3 is 2.69 bits per heavy atom. The topological polar surface area (TPSA) is 59.8 Å². The highest BCUT2D eigenvalue weighted by Crippen LogP contribution is 2.26. The monoisotopic (exact) mass is 366 g/mol. The van der Waals surface area contributed by atoms with E-state index in [1.807, 2.05) is 32.0 Å². The SMILES string of the molecule is Cc1cc(C)n(-c2ccc(Cl)c(C(=O)Nc3ccc4c(c3)CCC4)n2)n1. The molecule has 1 aromatic carbocycles. The molecule has 1 aliphatic carbocycles. The molecule has 0 atom stereocenters. The van der Waals surface area contributed by atoms with Gasteiger partial charge in [0.25, 0.3) is 5.91 Å². The average molecular weight is 367 g/mol. The zero-order valence-corrected chi connectivity index (χ0v) is 15.5. The third-order valence-electron chi connectivity index (χ3n) is 4.63. The molecule has 3 aromatic rings. The molecule has 2 heterocycles. The molecule has 1 amide bonds. The molecule has 1 aliphatic rings. The molecule has 0 bridgehead atoms. The third kappa shape index (κ3) is 3.10. The molecule has 132 valence electrons. The van der Waals surface area contributed by atoms with Crippen LogP contribution in [-0.4, -0.2) is 20.7 Å². The second-order valence-electron chi connectivity index (χ2n) is 6.63. The van der Waals surface area contributed by atoms with Crippen LogP contribution in [0.5, 0.6) is 0 Å². The lowest BCUT2D eigenvalue weighted by Crippen LogP contribution is -2.16. The molecular formula is C20H19ClN4O. The third-order valence-corrected chi connectivity index (χ3v) is 4.93. The zero-order valence-electron chi connectivity index (χ0n) is 14.7. The first-order valence-electron chi connectivity index (χ1n) is 8.64. The quantitative estimate of drug-likeness (QED) is 0.752. The minimum atomic E-state index is -0.323. The number of nitrogens with one attached hydrogen (secondary N) is 1. The van der Waals surface area contributed by atoms with Crippen molar-refractivity contribution < 1.29 is 4.79 Å². The molecule has 2 aromatic heterocycles. The second kappa shape index (κ2) is 6.57. The van der Waals surface area contributed by atoms with Gasteiger partial charge in [-0.15, -0.1) is 0 Å². The molecule has 0 aliphatic heterocycles. The number of hydrogen-bond donors (Lipinski definition) is 1. The number of nitrogens with zero attached hydrogens (tertiary/aromatic N) is 3. The van der Waals surface area contributed by atoms with Gasteiger partial charge in [0.05, 0.1) is 10.7 Å². The first-order chi connectivity index (χ1) is 12.5. The van der Waals surface area contributed by atoms with E-state index in [1.54, 1.807) is 16.8 Å². The van der Waals surface area contributed by atoms with E-state index >= 15 is 0 Å². The van der Waals surface area contributed by atoms with Crippen molar-refractivity contribution in [1.82, 2.24) is 14.8 Å². The van der Waals surface area contributed by atoms with E-state index in [0.29, 0.717) is 10.8 Å². The largest absolute Gasteiger partial charge is 0.321 e. The smallest absolute Gasteiger partial charge is 0.275 e. The molecule has 0 saturated heterocycles. The van der Waals surface area contributed by atoms with Crippen molar-refractivity contribution in [2.24, 2.45) is 0 Å². The number of rotatable bonds is 3. The lowest BCUT2D eigenvalue weighted by Gasteiger charge is -2.10. The summed E-state index contributed by atoms with van der Waals surface area (Å²) in [6, 6.07) is 11.4. The summed E-state index contributed by atoms with van der Waals surface area (Å²) in [6.07, 6.45) is 3.35. The number of carbonyl (C=O) groups is 1. The Balaban J connectivity index is 1.63. The highest BCUT2D eigenvalue weighted by Gasteiger charge is 2.17. The minimum absolute atomic E-state index is 0.192. The molecule has 0 fully saturated rings. The first-order valence-corrected chi connectivity index (χ1v) is 9.02. The second-order valence-corrected chi connectivity index (χ2v) is 7.04. The lowest BCUT2D eigenvalue weighted by molar-refractivity contribution is 0.102. The number of benzene rings is 1. The van der Waals surface area contributed by atoms with Gasteiger partial charge in [-0.25, -0.2) is 9.67 Å². The van der Waals surface area contributed by atoms with E-state index in [-0.39, 0.29) is 11.6 Å². The Morgan fingerprint density at radius 1 is 1.12 bits per heavy atom. The molecule has 5 nitrogen and oxygen atoms in total. The lowest BCUT2D eigenvalue weighted by atomic mass is 10.1. The molecule has 0 spiro atoms. The minimum Gasteiger partial charge on any atom is -0.321 e. The summed E-state index contributed by atoms with van der Waals surface area (Å²) in [4.78, 5) is 17.2. The van der Waals surface area contributed by atoms with Gasteiger partial charge in [-0.3, -0.25) is 4.79 Å². The number of amides is 1. The Bertz CT molecular complexity index is 1010. The van der Waals surface area contributed by atoms with Crippen molar-refractivity contribution in [3.05, 3.63) is 69.6 Å². The van der Waals surface area contributed by atoms with Crippen LogP contribution in [0.15, 0.2) is 36.4 Å². The van der Waals surface area contributed by atoms with E-state index in [2.05, 4.69) is 21.5 Å². The molecule has 0 saturated carbocycles. The molecule has 0 unspecified atom stereocenters. The van der Waals surface area contributed by atoms with Gasteiger partial charge in [0.2, 0.25) is 0 Å². The van der Waals surface area contributed by atoms with Crippen LogP contribution in [-0.2, 0) is 12.8 Å². The Labute approximate surface area is 157 Å². The van der Waals surface area contributed by atoms with Gasteiger partial charge in [-0.05, 0) is 74.6 Å². The van der Waals surface area contributed by atoms with Crippen molar-refractivity contribution >= 4 is 23.2 Å². The summed E-state index contributed by atoms with van der Waals surface area (Å²) in [5, 5.41) is 7.64. The van der Waals surface area contributed by atoms with Gasteiger partial charge < -0.3 is 5.32 Å². The summed E-state index contributed by atoms with van der Waals surface area (Å²) in [5.41, 5.74) is 5.47.